The van der Waals surface area contributed by atoms with Crippen molar-refractivity contribution in [1.29, 1.82) is 0 Å². The number of para-hydroxylation sites is 2. The van der Waals surface area contributed by atoms with Gasteiger partial charge in [0.15, 0.2) is 5.82 Å². The molecule has 4 heterocycles. The van der Waals surface area contributed by atoms with Crippen molar-refractivity contribution in [1.82, 2.24) is 23.7 Å². The number of nitrogens with zero attached hydrogens (tertiary/aromatic N) is 5. The molecule has 0 radical (unpaired) electrons. The molecule has 0 saturated carbocycles. The summed E-state index contributed by atoms with van der Waals surface area (Å²) >= 11 is 0. The summed E-state index contributed by atoms with van der Waals surface area (Å²) in [5.74, 6) is 0.666. The van der Waals surface area contributed by atoms with E-state index >= 15 is 0 Å². The molecule has 0 aliphatic heterocycles. The molecular weight excluding hydrogens is 1130 g/mol. The fourth-order valence-corrected chi connectivity index (χ4v) is 16.0. The molecule has 0 saturated heterocycles. The van der Waals surface area contributed by atoms with Crippen molar-refractivity contribution in [3.8, 4) is 95.5 Å². The van der Waals surface area contributed by atoms with E-state index in [-0.39, 0.29) is 10.8 Å². The van der Waals surface area contributed by atoms with E-state index in [0.29, 0.717) is 5.82 Å². The minimum atomic E-state index is -0.131. The summed E-state index contributed by atoms with van der Waals surface area (Å²) in [5.41, 5.74) is 30.1. The Bertz CT molecular complexity index is 5650. The minimum absolute atomic E-state index is 0.131. The maximum absolute atomic E-state index is 5.34. The minimum Gasteiger partial charge on any atom is -0.309 e. The summed E-state index contributed by atoms with van der Waals surface area (Å²) in [6.45, 7) is 9.47. The van der Waals surface area contributed by atoms with Crippen molar-refractivity contribution in [2.75, 3.05) is 0 Å². The van der Waals surface area contributed by atoms with Crippen LogP contribution in [0.25, 0.3) is 161 Å². The van der Waals surface area contributed by atoms with Gasteiger partial charge in [-0.2, -0.15) is 0 Å². The molecule has 2 aliphatic rings. The van der Waals surface area contributed by atoms with Gasteiger partial charge in [-0.15, -0.1) is 0 Å². The molecule has 0 spiro atoms. The Morgan fingerprint density at radius 1 is 0.226 bits per heavy atom. The van der Waals surface area contributed by atoms with E-state index in [1.54, 1.807) is 0 Å². The molecule has 4 aromatic heterocycles. The first-order chi connectivity index (χ1) is 45.6. The predicted octanol–water partition coefficient (Wildman–Crippen LogP) is 22.7. The van der Waals surface area contributed by atoms with Gasteiger partial charge in [-0.05, 0) is 146 Å². The number of fused-ring (bicyclic) bond motifs is 15. The summed E-state index contributed by atoms with van der Waals surface area (Å²) in [4.78, 5) is 10.7. The second kappa shape index (κ2) is 19.9. The van der Waals surface area contributed by atoms with Crippen molar-refractivity contribution in [3.63, 3.8) is 0 Å². The quantitative estimate of drug-likeness (QED) is 0.152. The van der Waals surface area contributed by atoms with Gasteiger partial charge in [0.25, 0.3) is 0 Å². The van der Waals surface area contributed by atoms with Crippen molar-refractivity contribution in [3.05, 3.63) is 320 Å². The molecule has 19 rings (SSSR count). The lowest BCUT2D eigenvalue weighted by Gasteiger charge is -2.22. The van der Waals surface area contributed by atoms with Crippen LogP contribution in [0.3, 0.4) is 0 Å². The molecule has 13 aromatic carbocycles. The maximum atomic E-state index is 5.34. The molecule has 0 bridgehead atoms. The van der Waals surface area contributed by atoms with Gasteiger partial charge >= 0.3 is 0 Å². The summed E-state index contributed by atoms with van der Waals surface area (Å²) in [7, 11) is 0. The highest BCUT2D eigenvalue weighted by atomic mass is 15.0. The zero-order valence-electron chi connectivity index (χ0n) is 52.0. The van der Waals surface area contributed by atoms with Crippen LogP contribution in [0.1, 0.15) is 49.9 Å². The summed E-state index contributed by atoms with van der Waals surface area (Å²) in [6.07, 6.45) is 0. The molecular formula is C88H61N5. The van der Waals surface area contributed by atoms with Crippen molar-refractivity contribution in [2.45, 2.75) is 38.5 Å². The fourth-order valence-electron chi connectivity index (χ4n) is 16.0. The highest BCUT2D eigenvalue weighted by molar-refractivity contribution is 6.14. The second-order valence-electron chi connectivity index (χ2n) is 26.5. The largest absolute Gasteiger partial charge is 0.309 e. The van der Waals surface area contributed by atoms with Gasteiger partial charge in [-0.1, -0.05) is 246 Å². The van der Waals surface area contributed by atoms with Crippen LogP contribution in [0, 0.1) is 0 Å². The van der Waals surface area contributed by atoms with Crippen LogP contribution in [-0.4, -0.2) is 23.7 Å². The lowest BCUT2D eigenvalue weighted by Crippen LogP contribution is -2.15. The van der Waals surface area contributed by atoms with Gasteiger partial charge in [0, 0.05) is 76.9 Å². The number of benzene rings is 13. The van der Waals surface area contributed by atoms with Gasteiger partial charge in [0.2, 0.25) is 0 Å². The molecule has 0 amide bonds. The predicted molar refractivity (Wildman–Crippen MR) is 387 cm³/mol. The van der Waals surface area contributed by atoms with Gasteiger partial charge in [-0.3, -0.25) is 0 Å². The van der Waals surface area contributed by atoms with Gasteiger partial charge in [0.1, 0.15) is 0 Å². The Morgan fingerprint density at radius 2 is 0.570 bits per heavy atom. The van der Waals surface area contributed by atoms with Crippen LogP contribution in [0.5, 0.6) is 0 Å². The Morgan fingerprint density at radius 3 is 1.01 bits per heavy atom. The average molecular weight is 1190 g/mol. The summed E-state index contributed by atoms with van der Waals surface area (Å²) < 4.78 is 7.44. The molecule has 5 heteroatoms. The Hall–Kier alpha value is -11.7. The maximum Gasteiger partial charge on any atom is 0.160 e. The van der Waals surface area contributed by atoms with Crippen LogP contribution in [-0.2, 0) is 10.8 Å². The van der Waals surface area contributed by atoms with Crippen LogP contribution in [0.2, 0.25) is 0 Å². The summed E-state index contributed by atoms with van der Waals surface area (Å²) in [6, 6.07) is 110. The molecule has 0 unspecified atom stereocenters. The SMILES string of the molecule is CC1(C)c2ccccc2-c2ccc(-n3c4ccccc4c4ccc(-c5ccc6c7ccc(-c8ccc9c%10ccccc%10n(-c%10ccc%11c(c%10)C(C)(C)c%10ccccc%10-%11)c9c8)cc7n(-c7cccc(-c8nc(-c9ccccc9)cc(-c9ccccc9)n8)c7)c6c5)cc43)cc21. The van der Waals surface area contributed by atoms with E-state index in [1.807, 2.05) is 0 Å². The Balaban J connectivity index is 0.800. The zero-order chi connectivity index (χ0) is 61.8. The van der Waals surface area contributed by atoms with E-state index in [2.05, 4.69) is 339 Å². The highest BCUT2D eigenvalue weighted by Gasteiger charge is 2.37. The number of hydrogen-bond donors (Lipinski definition) is 0. The van der Waals surface area contributed by atoms with Gasteiger partial charge < -0.3 is 13.7 Å². The van der Waals surface area contributed by atoms with E-state index in [0.717, 1.165) is 78.4 Å². The molecule has 0 atom stereocenters. The van der Waals surface area contributed by atoms with Crippen LogP contribution >= 0.6 is 0 Å². The summed E-state index contributed by atoms with van der Waals surface area (Å²) in [5, 5.41) is 7.28. The van der Waals surface area contributed by atoms with Crippen LogP contribution < -0.4 is 0 Å². The Kier molecular flexibility index (Phi) is 11.4. The molecule has 2 aliphatic carbocycles. The first-order valence-electron chi connectivity index (χ1n) is 32.4. The monoisotopic (exact) mass is 1190 g/mol. The third-order valence-electron chi connectivity index (χ3n) is 20.7. The average Bonchev–Trinajstić information content (AvgIpc) is 1.60. The molecule has 438 valence electrons. The molecule has 0 N–H and O–H groups in total. The number of aromatic nitrogens is 5. The molecule has 17 aromatic rings. The van der Waals surface area contributed by atoms with E-state index in [4.69, 9.17) is 9.97 Å². The van der Waals surface area contributed by atoms with Crippen LogP contribution in [0.15, 0.2) is 297 Å². The highest BCUT2D eigenvalue weighted by Crippen LogP contribution is 2.52. The molecule has 0 fully saturated rings. The van der Waals surface area contributed by atoms with Crippen LogP contribution in [0.4, 0.5) is 0 Å². The van der Waals surface area contributed by atoms with Gasteiger partial charge in [0.05, 0.1) is 44.5 Å². The third-order valence-corrected chi connectivity index (χ3v) is 20.7. The lowest BCUT2D eigenvalue weighted by molar-refractivity contribution is 0.660. The zero-order valence-corrected chi connectivity index (χ0v) is 52.0. The normalized spacial score (nSPS) is 13.5. The first kappa shape index (κ1) is 53.2. The third kappa shape index (κ3) is 7.99. The van der Waals surface area contributed by atoms with Crippen molar-refractivity contribution < 1.29 is 0 Å². The van der Waals surface area contributed by atoms with E-state index in [9.17, 15) is 0 Å². The molecule has 93 heavy (non-hydrogen) atoms. The first-order valence-corrected chi connectivity index (χ1v) is 32.4. The van der Waals surface area contributed by atoms with Crippen molar-refractivity contribution >= 4 is 65.4 Å². The van der Waals surface area contributed by atoms with Crippen molar-refractivity contribution in [2.24, 2.45) is 0 Å². The number of hydrogen-bond acceptors (Lipinski definition) is 2. The van der Waals surface area contributed by atoms with Gasteiger partial charge in [-0.25, -0.2) is 9.97 Å². The Labute approximate surface area is 539 Å². The molecule has 5 nitrogen and oxygen atoms in total. The standard InChI is InChI=1S/C88H61N5/c1-87(2)74-30-15-11-26-64(74)66-44-38-62(51-76(66)87)91-80-32-17-13-28-68(80)70-40-34-56(47-82(70)91)58-36-42-72-73-43-37-59(57-35-41-71-69-29-14-18-33-81(69)92(83(71)48-57)63-39-45-67-65-27-12-16-31-75(65)88(3,4)77(67)52-63)50-85(73)93(84(72)49-58)61-25-19-24-60(46-61)86-89-78(54-20-7-5-8-21-54)53-79(90-86)55-22-9-6-10-23-55/h5-53H,1-4H3. The lowest BCUT2D eigenvalue weighted by atomic mass is 9.82. The van der Waals surface area contributed by atoms with E-state index in [1.165, 1.54) is 98.9 Å². The second-order valence-corrected chi connectivity index (χ2v) is 26.5. The smallest absolute Gasteiger partial charge is 0.160 e. The fraction of sp³-hybridized carbons (Fsp3) is 0.0682. The number of rotatable bonds is 8. The topological polar surface area (TPSA) is 40.6 Å². The van der Waals surface area contributed by atoms with E-state index < -0.39 is 0 Å².